The molecule has 2 unspecified atom stereocenters. The highest BCUT2D eigenvalue weighted by Gasteiger charge is 2.19. The lowest BCUT2D eigenvalue weighted by atomic mass is 9.90. The average molecular weight is 219 g/mol. The van der Waals surface area contributed by atoms with E-state index in [4.69, 9.17) is 4.74 Å². The number of benzene rings is 1. The van der Waals surface area contributed by atoms with Crippen LogP contribution >= 0.6 is 0 Å². The van der Waals surface area contributed by atoms with Crippen molar-refractivity contribution in [2.24, 2.45) is 5.92 Å². The average Bonchev–Trinajstić information content (AvgIpc) is 2.30. The lowest BCUT2D eigenvalue weighted by molar-refractivity contribution is 0.320. The predicted molar refractivity (Wildman–Crippen MR) is 66.8 cm³/mol. The summed E-state index contributed by atoms with van der Waals surface area (Å²) < 4.78 is 5.54. The standard InChI is InChI=1S/C14H21NO/c1-3-16-13-6-4-5-12(10-13)14-9-11(2)7-8-15-14/h4-6,10-11,14-15H,3,7-9H2,1-2H3. The van der Waals surface area contributed by atoms with Crippen LogP contribution in [0, 0.1) is 5.92 Å². The minimum Gasteiger partial charge on any atom is -0.494 e. The largest absolute Gasteiger partial charge is 0.494 e. The number of hydrogen-bond acceptors (Lipinski definition) is 2. The first-order valence-corrected chi connectivity index (χ1v) is 6.25. The Morgan fingerprint density at radius 3 is 3.06 bits per heavy atom. The van der Waals surface area contributed by atoms with E-state index >= 15 is 0 Å². The molecule has 0 radical (unpaired) electrons. The molecule has 0 amide bonds. The molecule has 1 fully saturated rings. The van der Waals surface area contributed by atoms with Crippen LogP contribution in [-0.2, 0) is 0 Å². The van der Waals surface area contributed by atoms with Crippen molar-refractivity contribution in [1.29, 1.82) is 0 Å². The first kappa shape index (κ1) is 11.5. The first-order valence-electron chi connectivity index (χ1n) is 6.25. The Hall–Kier alpha value is -1.02. The van der Waals surface area contributed by atoms with Crippen LogP contribution in [0.1, 0.15) is 38.3 Å². The summed E-state index contributed by atoms with van der Waals surface area (Å²) in [5.41, 5.74) is 1.36. The number of nitrogens with one attached hydrogen (secondary N) is 1. The number of hydrogen-bond donors (Lipinski definition) is 1. The molecule has 2 heteroatoms. The molecule has 0 bridgehead atoms. The molecule has 16 heavy (non-hydrogen) atoms. The third-order valence-electron chi connectivity index (χ3n) is 3.24. The minimum absolute atomic E-state index is 0.504. The molecule has 2 rings (SSSR count). The topological polar surface area (TPSA) is 21.3 Å². The molecule has 1 heterocycles. The van der Waals surface area contributed by atoms with Gasteiger partial charge in [-0.05, 0) is 49.9 Å². The Labute approximate surface area is 98.0 Å². The molecule has 1 aliphatic heterocycles. The van der Waals surface area contributed by atoms with Crippen LogP contribution in [0.25, 0.3) is 0 Å². The van der Waals surface area contributed by atoms with Gasteiger partial charge < -0.3 is 10.1 Å². The third-order valence-corrected chi connectivity index (χ3v) is 3.24. The van der Waals surface area contributed by atoms with E-state index in [1.807, 2.05) is 13.0 Å². The maximum absolute atomic E-state index is 5.54. The Kier molecular flexibility index (Phi) is 3.83. The summed E-state index contributed by atoms with van der Waals surface area (Å²) in [5.74, 6) is 1.81. The van der Waals surface area contributed by atoms with Gasteiger partial charge in [0.2, 0.25) is 0 Å². The number of piperidine rings is 1. The second-order valence-electron chi connectivity index (χ2n) is 4.64. The second-order valence-corrected chi connectivity index (χ2v) is 4.64. The first-order chi connectivity index (χ1) is 7.79. The molecule has 1 aromatic carbocycles. The fourth-order valence-corrected chi connectivity index (χ4v) is 2.35. The van der Waals surface area contributed by atoms with Crippen LogP contribution in [0.4, 0.5) is 0 Å². The van der Waals surface area contributed by atoms with Crippen LogP contribution in [0.2, 0.25) is 0 Å². The highest BCUT2D eigenvalue weighted by Crippen LogP contribution is 2.28. The van der Waals surface area contributed by atoms with E-state index in [9.17, 15) is 0 Å². The van der Waals surface area contributed by atoms with Gasteiger partial charge in [0.15, 0.2) is 0 Å². The van der Waals surface area contributed by atoms with Crippen LogP contribution < -0.4 is 10.1 Å². The van der Waals surface area contributed by atoms with Crippen molar-refractivity contribution in [3.8, 4) is 5.75 Å². The molecule has 1 saturated heterocycles. The van der Waals surface area contributed by atoms with Gasteiger partial charge in [-0.1, -0.05) is 19.1 Å². The second kappa shape index (κ2) is 5.35. The van der Waals surface area contributed by atoms with Gasteiger partial charge in [-0.3, -0.25) is 0 Å². The zero-order valence-corrected chi connectivity index (χ0v) is 10.2. The third kappa shape index (κ3) is 2.76. The lowest BCUT2D eigenvalue weighted by Gasteiger charge is -2.28. The molecular formula is C14H21NO. The van der Waals surface area contributed by atoms with Crippen molar-refractivity contribution in [2.45, 2.75) is 32.7 Å². The molecule has 0 saturated carbocycles. The predicted octanol–water partition coefficient (Wildman–Crippen LogP) is 3.15. The molecule has 88 valence electrons. The molecule has 2 nitrogen and oxygen atoms in total. The van der Waals surface area contributed by atoms with Gasteiger partial charge >= 0.3 is 0 Å². The van der Waals surface area contributed by atoms with Crippen molar-refractivity contribution in [2.75, 3.05) is 13.2 Å². The lowest BCUT2D eigenvalue weighted by Crippen LogP contribution is -2.30. The van der Waals surface area contributed by atoms with Gasteiger partial charge in [0.1, 0.15) is 5.75 Å². The van der Waals surface area contributed by atoms with Gasteiger partial charge in [0, 0.05) is 6.04 Å². The summed E-state index contributed by atoms with van der Waals surface area (Å²) in [7, 11) is 0. The van der Waals surface area contributed by atoms with Crippen molar-refractivity contribution in [3.05, 3.63) is 29.8 Å². The quantitative estimate of drug-likeness (QED) is 0.843. The van der Waals surface area contributed by atoms with Crippen molar-refractivity contribution < 1.29 is 4.74 Å². The van der Waals surface area contributed by atoms with Gasteiger partial charge in [-0.15, -0.1) is 0 Å². The monoisotopic (exact) mass is 219 g/mol. The fraction of sp³-hybridized carbons (Fsp3) is 0.571. The highest BCUT2D eigenvalue weighted by atomic mass is 16.5. The van der Waals surface area contributed by atoms with E-state index in [-0.39, 0.29) is 0 Å². The zero-order valence-electron chi connectivity index (χ0n) is 10.2. The number of rotatable bonds is 3. The van der Waals surface area contributed by atoms with Crippen molar-refractivity contribution in [3.63, 3.8) is 0 Å². The molecule has 0 aliphatic carbocycles. The Morgan fingerprint density at radius 1 is 1.44 bits per heavy atom. The normalized spacial score (nSPS) is 25.4. The molecule has 0 spiro atoms. The highest BCUT2D eigenvalue weighted by molar-refractivity contribution is 5.30. The van der Waals surface area contributed by atoms with Gasteiger partial charge in [0.25, 0.3) is 0 Å². The van der Waals surface area contributed by atoms with Crippen LogP contribution in [0.15, 0.2) is 24.3 Å². The molecular weight excluding hydrogens is 198 g/mol. The summed E-state index contributed by atoms with van der Waals surface area (Å²) in [5, 5.41) is 3.58. The molecule has 1 N–H and O–H groups in total. The Balaban J connectivity index is 2.09. The van der Waals surface area contributed by atoms with E-state index in [0.29, 0.717) is 6.04 Å². The van der Waals surface area contributed by atoms with E-state index in [0.717, 1.165) is 24.8 Å². The van der Waals surface area contributed by atoms with Gasteiger partial charge in [-0.2, -0.15) is 0 Å². The summed E-state index contributed by atoms with van der Waals surface area (Å²) in [6.45, 7) is 6.22. The minimum atomic E-state index is 0.504. The van der Waals surface area contributed by atoms with Crippen LogP contribution in [0.3, 0.4) is 0 Å². The summed E-state index contributed by atoms with van der Waals surface area (Å²) in [4.78, 5) is 0. The maximum atomic E-state index is 5.54. The molecule has 2 atom stereocenters. The molecule has 1 aliphatic rings. The van der Waals surface area contributed by atoms with E-state index in [2.05, 4.69) is 30.4 Å². The maximum Gasteiger partial charge on any atom is 0.119 e. The van der Waals surface area contributed by atoms with Crippen molar-refractivity contribution in [1.82, 2.24) is 5.32 Å². The molecule has 0 aromatic heterocycles. The summed E-state index contributed by atoms with van der Waals surface area (Å²) in [6.07, 6.45) is 2.53. The summed E-state index contributed by atoms with van der Waals surface area (Å²) >= 11 is 0. The van der Waals surface area contributed by atoms with E-state index in [1.165, 1.54) is 18.4 Å². The van der Waals surface area contributed by atoms with Gasteiger partial charge in [-0.25, -0.2) is 0 Å². The van der Waals surface area contributed by atoms with Crippen LogP contribution in [-0.4, -0.2) is 13.2 Å². The Morgan fingerprint density at radius 2 is 2.31 bits per heavy atom. The Bertz CT molecular complexity index is 337. The SMILES string of the molecule is CCOc1cccc(C2CC(C)CCN2)c1. The van der Waals surface area contributed by atoms with Crippen LogP contribution in [0.5, 0.6) is 5.75 Å². The van der Waals surface area contributed by atoms with E-state index < -0.39 is 0 Å². The smallest absolute Gasteiger partial charge is 0.119 e. The fourth-order valence-electron chi connectivity index (χ4n) is 2.35. The van der Waals surface area contributed by atoms with Gasteiger partial charge in [0.05, 0.1) is 6.61 Å². The summed E-state index contributed by atoms with van der Waals surface area (Å²) in [6, 6.07) is 8.97. The van der Waals surface area contributed by atoms with Crippen molar-refractivity contribution >= 4 is 0 Å². The number of ether oxygens (including phenoxy) is 1. The van der Waals surface area contributed by atoms with E-state index in [1.54, 1.807) is 0 Å². The zero-order chi connectivity index (χ0) is 11.4. The molecule has 1 aromatic rings.